The maximum absolute atomic E-state index is 12.3. The number of H-pyrrole nitrogens is 1. The van der Waals surface area contributed by atoms with Crippen molar-refractivity contribution in [2.75, 3.05) is 0 Å². The number of hydrogen-bond donors (Lipinski definition) is 1. The van der Waals surface area contributed by atoms with Crippen LogP contribution in [-0.2, 0) is 6.54 Å². The molecule has 0 spiro atoms. The van der Waals surface area contributed by atoms with Crippen LogP contribution in [0.2, 0.25) is 10.0 Å². The number of nitrogens with one attached hydrogen (secondary N) is 1. The van der Waals surface area contributed by atoms with Gasteiger partial charge in [0.1, 0.15) is 5.69 Å². The average Bonchev–Trinajstić information content (AvgIpc) is 3.05. The van der Waals surface area contributed by atoms with Gasteiger partial charge in [0.05, 0.1) is 16.3 Å². The molecule has 0 aliphatic carbocycles. The second kappa shape index (κ2) is 7.94. The summed E-state index contributed by atoms with van der Waals surface area (Å²) in [6, 6.07) is 13.5. The van der Waals surface area contributed by atoms with Gasteiger partial charge in [-0.3, -0.25) is 9.89 Å². The van der Waals surface area contributed by atoms with E-state index in [0.717, 1.165) is 26.7 Å². The van der Waals surface area contributed by atoms with Crippen LogP contribution in [0.4, 0.5) is 0 Å². The van der Waals surface area contributed by atoms with Crippen LogP contribution in [0.1, 0.15) is 16.8 Å². The van der Waals surface area contributed by atoms with Gasteiger partial charge in [-0.05, 0) is 42.9 Å². The lowest BCUT2D eigenvalue weighted by Gasteiger charge is -2.06. The topological polar surface area (TPSA) is 68.0 Å². The van der Waals surface area contributed by atoms with Gasteiger partial charge in [0.2, 0.25) is 4.77 Å². The van der Waals surface area contributed by atoms with Crippen molar-refractivity contribution in [3.63, 3.8) is 0 Å². The van der Waals surface area contributed by atoms with Crippen molar-refractivity contribution < 1.29 is 0 Å². The van der Waals surface area contributed by atoms with Crippen LogP contribution in [0.15, 0.2) is 58.6 Å². The van der Waals surface area contributed by atoms with Gasteiger partial charge in [-0.25, -0.2) is 0 Å². The Morgan fingerprint density at radius 2 is 2.00 bits per heavy atom. The summed E-state index contributed by atoms with van der Waals surface area (Å²) in [6.45, 7) is 2.21. The number of hydrogen-bond acceptors (Lipinski definition) is 4. The number of aryl methyl sites for hydroxylation is 1. The maximum atomic E-state index is 12.3. The Kier molecular flexibility index (Phi) is 5.36. The van der Waals surface area contributed by atoms with Crippen LogP contribution >= 0.6 is 35.4 Å². The number of nitrogens with zero attached hydrogens (tertiary/aromatic N) is 4. The number of halogens is 2. The van der Waals surface area contributed by atoms with Gasteiger partial charge in [0, 0.05) is 29.2 Å². The fourth-order valence-electron chi connectivity index (χ4n) is 3.04. The molecule has 0 aliphatic heterocycles. The molecule has 0 saturated carbocycles. The second-order valence-electron chi connectivity index (χ2n) is 6.45. The van der Waals surface area contributed by atoms with Gasteiger partial charge in [-0.1, -0.05) is 47.5 Å². The van der Waals surface area contributed by atoms with Gasteiger partial charge in [-0.15, -0.1) is 0 Å². The Hall–Kier alpha value is -2.74. The van der Waals surface area contributed by atoms with Crippen LogP contribution in [0.5, 0.6) is 0 Å². The third-order valence-electron chi connectivity index (χ3n) is 4.48. The number of benzene rings is 2. The second-order valence-corrected chi connectivity index (χ2v) is 7.65. The summed E-state index contributed by atoms with van der Waals surface area (Å²) in [7, 11) is 0. The number of rotatable bonds is 4. The first-order valence-corrected chi connectivity index (χ1v) is 9.85. The van der Waals surface area contributed by atoms with E-state index in [1.165, 1.54) is 0 Å². The number of aromatic nitrogens is 4. The molecule has 0 radical (unpaired) electrons. The third kappa shape index (κ3) is 3.89. The molecule has 2 aromatic heterocycles. The molecule has 2 heterocycles. The van der Waals surface area contributed by atoms with E-state index in [2.05, 4.69) is 19.9 Å². The number of aromatic amines is 1. The number of fused-ring (bicyclic) bond motifs is 1. The Bertz CT molecular complexity index is 1370. The lowest BCUT2D eigenvalue weighted by Crippen LogP contribution is -2.22. The molecule has 0 aliphatic rings. The molecule has 29 heavy (non-hydrogen) atoms. The molecule has 4 rings (SSSR count). The summed E-state index contributed by atoms with van der Waals surface area (Å²) in [4.78, 5) is 12.3. The summed E-state index contributed by atoms with van der Waals surface area (Å²) in [5.74, 6) is 0. The highest BCUT2D eigenvalue weighted by molar-refractivity contribution is 7.71. The van der Waals surface area contributed by atoms with Gasteiger partial charge in [-0.2, -0.15) is 14.9 Å². The van der Waals surface area contributed by atoms with Crippen LogP contribution < -0.4 is 5.56 Å². The highest BCUT2D eigenvalue weighted by Crippen LogP contribution is 2.25. The largest absolute Gasteiger partial charge is 0.342 e. The highest BCUT2D eigenvalue weighted by Gasteiger charge is 2.09. The first-order chi connectivity index (χ1) is 13.9. The lowest BCUT2D eigenvalue weighted by atomic mass is 10.2. The van der Waals surface area contributed by atoms with Gasteiger partial charge >= 0.3 is 0 Å². The molecule has 0 saturated heterocycles. The summed E-state index contributed by atoms with van der Waals surface area (Å²) in [5.41, 5.74) is 2.84. The fraction of sp³-hybridized carbons (Fsp3) is 0.100. The molecule has 9 heteroatoms. The normalized spacial score (nSPS) is 11.6. The first kappa shape index (κ1) is 19.6. The van der Waals surface area contributed by atoms with Gasteiger partial charge in [0.15, 0.2) is 0 Å². The molecule has 1 N–H and O–H groups in total. The van der Waals surface area contributed by atoms with Crippen molar-refractivity contribution >= 4 is 52.5 Å². The van der Waals surface area contributed by atoms with E-state index in [0.29, 0.717) is 16.6 Å². The summed E-state index contributed by atoms with van der Waals surface area (Å²) in [6.07, 6.45) is 3.60. The van der Waals surface area contributed by atoms with Crippen molar-refractivity contribution in [3.8, 4) is 0 Å². The first-order valence-electron chi connectivity index (χ1n) is 8.68. The van der Waals surface area contributed by atoms with Crippen molar-refractivity contribution in [1.29, 1.82) is 0 Å². The molecule has 0 unspecified atom stereocenters. The predicted molar refractivity (Wildman–Crippen MR) is 119 cm³/mol. The fourth-order valence-corrected chi connectivity index (χ4v) is 3.54. The Balaban J connectivity index is 1.77. The Labute approximate surface area is 181 Å². The zero-order valence-electron chi connectivity index (χ0n) is 15.3. The average molecular weight is 444 g/mol. The zero-order valence-corrected chi connectivity index (χ0v) is 17.6. The molecule has 0 bridgehead atoms. The van der Waals surface area contributed by atoms with E-state index in [4.69, 9.17) is 35.4 Å². The van der Waals surface area contributed by atoms with Crippen molar-refractivity contribution in [1.82, 2.24) is 19.4 Å². The minimum absolute atomic E-state index is 0.136. The highest BCUT2D eigenvalue weighted by atomic mass is 35.5. The molecular formula is C20H15Cl2N5OS. The van der Waals surface area contributed by atoms with E-state index in [-0.39, 0.29) is 16.0 Å². The minimum atomic E-state index is -0.357. The van der Waals surface area contributed by atoms with Crippen LogP contribution in [-0.4, -0.2) is 25.7 Å². The van der Waals surface area contributed by atoms with E-state index in [1.54, 1.807) is 19.2 Å². The van der Waals surface area contributed by atoms with Crippen LogP contribution in [0, 0.1) is 11.7 Å². The molecular weight excluding hydrogens is 429 g/mol. The monoisotopic (exact) mass is 443 g/mol. The molecule has 6 nitrogen and oxygen atoms in total. The van der Waals surface area contributed by atoms with Gasteiger partial charge in [0.25, 0.3) is 5.56 Å². The number of para-hydroxylation sites is 1. The summed E-state index contributed by atoms with van der Waals surface area (Å²) < 4.78 is 3.36. The van der Waals surface area contributed by atoms with Crippen molar-refractivity contribution in [2.45, 2.75) is 13.5 Å². The molecule has 4 aromatic rings. The lowest BCUT2D eigenvalue weighted by molar-refractivity contribution is 0.720. The van der Waals surface area contributed by atoms with E-state index < -0.39 is 0 Å². The van der Waals surface area contributed by atoms with E-state index >= 15 is 0 Å². The standard InChI is InChI=1S/C20H15Cl2N5OS/c1-12-19(28)27(20(29)25-24-12)23-9-14-11-26(18-5-3-2-4-15(14)18)10-13-6-7-16(21)17(22)8-13/h2-9,11H,10H2,1H3,(H,25,29). The Morgan fingerprint density at radius 1 is 1.21 bits per heavy atom. The zero-order chi connectivity index (χ0) is 20.5. The molecule has 0 atom stereocenters. The molecule has 0 amide bonds. The van der Waals surface area contributed by atoms with Gasteiger partial charge < -0.3 is 4.57 Å². The van der Waals surface area contributed by atoms with Crippen molar-refractivity contribution in [2.24, 2.45) is 5.10 Å². The molecule has 2 aromatic carbocycles. The molecule has 0 fully saturated rings. The van der Waals surface area contributed by atoms with E-state index in [9.17, 15) is 4.79 Å². The summed E-state index contributed by atoms with van der Waals surface area (Å²) in [5, 5.41) is 12.8. The Morgan fingerprint density at radius 3 is 2.79 bits per heavy atom. The third-order valence-corrected chi connectivity index (χ3v) is 5.49. The minimum Gasteiger partial charge on any atom is -0.342 e. The predicted octanol–water partition coefficient (Wildman–Crippen LogP) is 4.80. The van der Waals surface area contributed by atoms with Crippen LogP contribution in [0.3, 0.4) is 0 Å². The molecule has 146 valence electrons. The van der Waals surface area contributed by atoms with Crippen molar-refractivity contribution in [3.05, 3.63) is 90.7 Å². The van der Waals surface area contributed by atoms with Crippen LogP contribution in [0.25, 0.3) is 10.9 Å². The SMILES string of the molecule is Cc1n[nH]c(=S)n(N=Cc2cn(Cc3ccc(Cl)c(Cl)c3)c3ccccc23)c1=O. The smallest absolute Gasteiger partial charge is 0.296 e. The quantitative estimate of drug-likeness (QED) is 0.363. The summed E-state index contributed by atoms with van der Waals surface area (Å²) >= 11 is 17.3. The maximum Gasteiger partial charge on any atom is 0.296 e. The van der Waals surface area contributed by atoms with E-state index in [1.807, 2.05) is 42.6 Å².